The van der Waals surface area contributed by atoms with Crippen LogP contribution in [-0.2, 0) is 0 Å². The maximum Gasteiger partial charge on any atom is -0.0259 e. The summed E-state index contributed by atoms with van der Waals surface area (Å²) in [6.07, 6.45) is 11.7. The van der Waals surface area contributed by atoms with E-state index in [2.05, 4.69) is 38.7 Å². The number of rotatable bonds is 0. The minimum Gasteiger partial charge on any atom is -0.0958 e. The van der Waals surface area contributed by atoms with Crippen LogP contribution in [0.5, 0.6) is 0 Å². The van der Waals surface area contributed by atoms with Gasteiger partial charge in [-0.05, 0) is 32.1 Å². The zero-order valence-electron chi connectivity index (χ0n) is 8.84. The molecule has 0 heteroatoms. The molecule has 14 heavy (non-hydrogen) atoms. The second-order valence-electron chi connectivity index (χ2n) is 4.18. The molecular weight excluding hydrogens is 168 g/mol. The van der Waals surface area contributed by atoms with E-state index in [9.17, 15) is 0 Å². The lowest BCUT2D eigenvalue weighted by atomic mass is 9.94. The number of hydrogen-bond acceptors (Lipinski definition) is 0. The van der Waals surface area contributed by atoms with E-state index in [1.54, 1.807) is 0 Å². The largest absolute Gasteiger partial charge is 0.0958 e. The second kappa shape index (κ2) is 6.64. The molecule has 0 aromatic carbocycles. The van der Waals surface area contributed by atoms with E-state index in [-0.39, 0.29) is 7.43 Å². The molecular formula is C14H24. The average molecular weight is 192 g/mol. The molecule has 1 aliphatic rings. The molecule has 0 radical (unpaired) electrons. The lowest BCUT2D eigenvalue weighted by molar-refractivity contribution is 0.512. The molecule has 0 aromatic rings. The quantitative estimate of drug-likeness (QED) is 0.512. The highest BCUT2D eigenvalue weighted by Gasteiger charge is 2.03. The van der Waals surface area contributed by atoms with Crippen molar-refractivity contribution in [3.63, 3.8) is 0 Å². The van der Waals surface area contributed by atoms with Gasteiger partial charge in [0.05, 0.1) is 0 Å². The third kappa shape index (κ3) is 5.06. The van der Waals surface area contributed by atoms with Crippen molar-refractivity contribution in [3.05, 3.63) is 36.0 Å². The Morgan fingerprint density at radius 2 is 2.07 bits per heavy atom. The van der Waals surface area contributed by atoms with Crippen LogP contribution in [0, 0.1) is 5.92 Å². The molecule has 0 saturated heterocycles. The molecule has 0 heterocycles. The molecule has 1 unspecified atom stereocenters. The van der Waals surface area contributed by atoms with Gasteiger partial charge in [-0.25, -0.2) is 0 Å². The van der Waals surface area contributed by atoms with Gasteiger partial charge in [-0.15, -0.1) is 0 Å². The summed E-state index contributed by atoms with van der Waals surface area (Å²) < 4.78 is 0. The van der Waals surface area contributed by atoms with Crippen LogP contribution in [0.15, 0.2) is 36.0 Å². The molecule has 1 aliphatic carbocycles. The first-order valence-electron chi connectivity index (χ1n) is 5.21. The molecule has 80 valence electrons. The van der Waals surface area contributed by atoms with Gasteiger partial charge in [0.2, 0.25) is 0 Å². The Kier molecular flexibility index (Phi) is 6.27. The summed E-state index contributed by atoms with van der Waals surface area (Å²) in [7, 11) is 0. The van der Waals surface area contributed by atoms with Crippen LogP contribution in [-0.4, -0.2) is 0 Å². The van der Waals surface area contributed by atoms with E-state index >= 15 is 0 Å². The van der Waals surface area contributed by atoms with Crippen LogP contribution in [0.2, 0.25) is 0 Å². The number of hydrogen-bond donors (Lipinski definition) is 0. The van der Waals surface area contributed by atoms with Crippen molar-refractivity contribution < 1.29 is 0 Å². The summed E-state index contributed by atoms with van der Waals surface area (Å²) in [6.45, 7) is 8.54. The van der Waals surface area contributed by atoms with Gasteiger partial charge in [0.1, 0.15) is 0 Å². The van der Waals surface area contributed by atoms with Crippen LogP contribution in [0.4, 0.5) is 0 Å². The van der Waals surface area contributed by atoms with Crippen LogP contribution < -0.4 is 0 Å². The van der Waals surface area contributed by atoms with Crippen molar-refractivity contribution in [1.82, 2.24) is 0 Å². The summed E-state index contributed by atoms with van der Waals surface area (Å²) >= 11 is 0. The summed E-state index contributed by atoms with van der Waals surface area (Å²) in [6, 6.07) is 0. The molecule has 1 atom stereocenters. The smallest absolute Gasteiger partial charge is 0.0259 e. The lowest BCUT2D eigenvalue weighted by Gasteiger charge is -2.11. The Morgan fingerprint density at radius 1 is 1.36 bits per heavy atom. The van der Waals surface area contributed by atoms with Crippen LogP contribution in [0.25, 0.3) is 0 Å². The van der Waals surface area contributed by atoms with Gasteiger partial charge < -0.3 is 0 Å². The maximum atomic E-state index is 4.06. The van der Waals surface area contributed by atoms with E-state index < -0.39 is 0 Å². The Balaban J connectivity index is 0.00000169. The topological polar surface area (TPSA) is 0 Å². The maximum absolute atomic E-state index is 4.06. The van der Waals surface area contributed by atoms with Gasteiger partial charge in [-0.2, -0.15) is 0 Å². The fourth-order valence-corrected chi connectivity index (χ4v) is 1.73. The molecule has 0 aromatic heterocycles. The van der Waals surface area contributed by atoms with Crippen molar-refractivity contribution in [2.75, 3.05) is 0 Å². The molecule has 0 nitrogen and oxygen atoms in total. The molecule has 0 N–H and O–H groups in total. The molecule has 0 saturated carbocycles. The van der Waals surface area contributed by atoms with Crippen molar-refractivity contribution >= 4 is 0 Å². The Labute approximate surface area is 89.4 Å². The fraction of sp³-hybridized carbons (Fsp3) is 0.571. The Morgan fingerprint density at radius 3 is 2.79 bits per heavy atom. The molecule has 0 amide bonds. The lowest BCUT2D eigenvalue weighted by Crippen LogP contribution is -1.96. The molecule has 0 spiro atoms. The predicted molar refractivity (Wildman–Crippen MR) is 66.4 cm³/mol. The summed E-state index contributed by atoms with van der Waals surface area (Å²) in [5.74, 6) is 0.795. The van der Waals surface area contributed by atoms with Crippen molar-refractivity contribution in [1.29, 1.82) is 0 Å². The van der Waals surface area contributed by atoms with E-state index in [1.807, 2.05) is 0 Å². The van der Waals surface area contributed by atoms with E-state index in [0.717, 1.165) is 12.3 Å². The van der Waals surface area contributed by atoms with Gasteiger partial charge >= 0.3 is 0 Å². The molecule has 0 fully saturated rings. The van der Waals surface area contributed by atoms with Crippen LogP contribution >= 0.6 is 0 Å². The van der Waals surface area contributed by atoms with Gasteiger partial charge in [0.15, 0.2) is 0 Å². The number of allylic oxidation sites excluding steroid dienone is 5. The predicted octanol–water partition coefficient (Wildman–Crippen LogP) is 4.89. The first-order valence-corrected chi connectivity index (χ1v) is 5.21. The minimum absolute atomic E-state index is 0. The van der Waals surface area contributed by atoms with E-state index in [1.165, 1.54) is 30.4 Å². The zero-order chi connectivity index (χ0) is 9.68. The standard InChI is InChI=1S/C13H20.CH4/c1-11-6-4-5-7-12(2)10-13(3)9-8-11;/h6,8-9,12H,3-5,7,10H2,1-2H3;1H4/b9-8-,11-6-;. The summed E-state index contributed by atoms with van der Waals surface area (Å²) in [4.78, 5) is 0. The first kappa shape index (κ1) is 13.2. The highest BCUT2D eigenvalue weighted by atomic mass is 14.1. The van der Waals surface area contributed by atoms with Gasteiger partial charge in [-0.1, -0.05) is 56.7 Å². The van der Waals surface area contributed by atoms with E-state index in [4.69, 9.17) is 0 Å². The molecule has 0 bridgehead atoms. The van der Waals surface area contributed by atoms with Gasteiger partial charge in [0.25, 0.3) is 0 Å². The van der Waals surface area contributed by atoms with Crippen LogP contribution in [0.1, 0.15) is 47.0 Å². The summed E-state index contributed by atoms with van der Waals surface area (Å²) in [5.41, 5.74) is 2.64. The fourth-order valence-electron chi connectivity index (χ4n) is 1.73. The first-order chi connectivity index (χ1) is 6.18. The highest BCUT2D eigenvalue weighted by molar-refractivity contribution is 5.25. The Bertz CT molecular complexity index is 230. The third-order valence-electron chi connectivity index (χ3n) is 2.56. The third-order valence-corrected chi connectivity index (χ3v) is 2.56. The second-order valence-corrected chi connectivity index (χ2v) is 4.18. The van der Waals surface area contributed by atoms with Crippen molar-refractivity contribution in [2.45, 2.75) is 47.0 Å². The minimum atomic E-state index is 0. The molecule has 0 aliphatic heterocycles. The van der Waals surface area contributed by atoms with Gasteiger partial charge in [-0.3, -0.25) is 0 Å². The van der Waals surface area contributed by atoms with E-state index in [0.29, 0.717) is 0 Å². The average Bonchev–Trinajstić information content (AvgIpc) is 2.08. The highest BCUT2D eigenvalue weighted by Crippen LogP contribution is 2.19. The van der Waals surface area contributed by atoms with Crippen molar-refractivity contribution in [2.24, 2.45) is 5.92 Å². The van der Waals surface area contributed by atoms with Gasteiger partial charge in [0, 0.05) is 0 Å². The SMILES string of the molecule is C.C=C1/C=C\C(C)=C/CCCC(C)C1. The Hall–Kier alpha value is -0.780. The monoisotopic (exact) mass is 192 g/mol. The normalized spacial score (nSPS) is 29.7. The zero-order valence-corrected chi connectivity index (χ0v) is 8.84. The van der Waals surface area contributed by atoms with Crippen LogP contribution in [0.3, 0.4) is 0 Å². The summed E-state index contributed by atoms with van der Waals surface area (Å²) in [5, 5.41) is 0. The molecule has 1 rings (SSSR count). The van der Waals surface area contributed by atoms with Crippen molar-refractivity contribution in [3.8, 4) is 0 Å².